The SMILES string of the molecule is O=C(O)c1ccc(CCN2C(=O)C(F)(F)C[C@H]2C/C=C(/O)CCCCc2ccccc2)cc1. The standard InChI is InChI=1S/C26H29F2NO4/c27-26(28)18-22(14-15-23(30)9-5-4-8-19-6-2-1-3-7-19)29(25(26)33)17-16-20-10-12-21(13-11-20)24(31)32/h1-3,6-7,10-13,15,22,30H,4-5,8-9,14,16-18H2,(H,31,32)/b23-15+/t22-/m1/s1. The molecule has 0 radical (unpaired) electrons. The van der Waals surface area contributed by atoms with Crippen molar-refractivity contribution in [3.8, 4) is 0 Å². The molecule has 1 heterocycles. The average molecular weight is 458 g/mol. The number of unbranched alkanes of at least 4 members (excludes halogenated alkanes) is 1. The van der Waals surface area contributed by atoms with Crippen molar-refractivity contribution in [2.45, 2.75) is 56.9 Å². The van der Waals surface area contributed by atoms with Gasteiger partial charge in [0, 0.05) is 25.4 Å². The van der Waals surface area contributed by atoms with Crippen molar-refractivity contribution < 1.29 is 28.6 Å². The number of carboxylic acids is 1. The van der Waals surface area contributed by atoms with E-state index in [4.69, 9.17) is 5.11 Å². The number of aromatic carboxylic acids is 1. The summed E-state index contributed by atoms with van der Waals surface area (Å²) >= 11 is 0. The number of aliphatic hydroxyl groups is 1. The summed E-state index contributed by atoms with van der Waals surface area (Å²) in [6.45, 7) is 0.108. The zero-order valence-corrected chi connectivity index (χ0v) is 18.4. The summed E-state index contributed by atoms with van der Waals surface area (Å²) in [4.78, 5) is 24.3. The minimum absolute atomic E-state index is 0.108. The number of benzene rings is 2. The number of rotatable bonds is 11. The number of hydrogen-bond acceptors (Lipinski definition) is 3. The van der Waals surface area contributed by atoms with Crippen LogP contribution in [0.5, 0.6) is 0 Å². The van der Waals surface area contributed by atoms with Crippen molar-refractivity contribution in [1.82, 2.24) is 4.90 Å². The molecule has 1 amide bonds. The quantitative estimate of drug-likeness (QED) is 0.349. The largest absolute Gasteiger partial charge is 0.513 e. The van der Waals surface area contributed by atoms with Gasteiger partial charge < -0.3 is 15.1 Å². The summed E-state index contributed by atoms with van der Waals surface area (Å²) in [5, 5.41) is 19.2. The number of allylic oxidation sites excluding steroid dienone is 1. The van der Waals surface area contributed by atoms with Gasteiger partial charge in [0.25, 0.3) is 5.91 Å². The lowest BCUT2D eigenvalue weighted by Gasteiger charge is -2.23. The molecule has 0 spiro atoms. The van der Waals surface area contributed by atoms with Gasteiger partial charge in [0.1, 0.15) is 0 Å². The van der Waals surface area contributed by atoms with Gasteiger partial charge in [-0.3, -0.25) is 4.79 Å². The fourth-order valence-corrected chi connectivity index (χ4v) is 4.08. The molecule has 1 saturated heterocycles. The molecule has 176 valence electrons. The molecule has 1 aliphatic rings. The van der Waals surface area contributed by atoms with Gasteiger partial charge in [-0.2, -0.15) is 8.78 Å². The first-order valence-corrected chi connectivity index (χ1v) is 11.2. The maximum Gasteiger partial charge on any atom is 0.335 e. The first-order chi connectivity index (χ1) is 15.8. The van der Waals surface area contributed by atoms with Crippen LogP contribution in [0.3, 0.4) is 0 Å². The van der Waals surface area contributed by atoms with E-state index in [-0.39, 0.29) is 24.3 Å². The number of nitrogens with zero attached hydrogens (tertiary/aromatic N) is 1. The predicted molar refractivity (Wildman–Crippen MR) is 121 cm³/mol. The predicted octanol–water partition coefficient (Wildman–Crippen LogP) is 5.41. The van der Waals surface area contributed by atoms with E-state index in [1.54, 1.807) is 18.2 Å². The van der Waals surface area contributed by atoms with Gasteiger partial charge >= 0.3 is 11.9 Å². The van der Waals surface area contributed by atoms with E-state index >= 15 is 0 Å². The number of likely N-dealkylation sites (tertiary alicyclic amines) is 1. The van der Waals surface area contributed by atoms with Gasteiger partial charge in [0.2, 0.25) is 0 Å². The highest BCUT2D eigenvalue weighted by atomic mass is 19.3. The summed E-state index contributed by atoms with van der Waals surface area (Å²) in [5.41, 5.74) is 2.14. The second-order valence-electron chi connectivity index (χ2n) is 8.44. The monoisotopic (exact) mass is 457 g/mol. The zero-order valence-electron chi connectivity index (χ0n) is 18.4. The van der Waals surface area contributed by atoms with Crippen LogP contribution in [0.4, 0.5) is 8.78 Å². The highest BCUT2D eigenvalue weighted by Crippen LogP contribution is 2.35. The number of carboxylic acid groups (broad SMARTS) is 1. The second-order valence-corrected chi connectivity index (χ2v) is 8.44. The number of alkyl halides is 2. The second kappa shape index (κ2) is 11.1. The molecule has 0 unspecified atom stereocenters. The van der Waals surface area contributed by atoms with Crippen molar-refractivity contribution >= 4 is 11.9 Å². The Morgan fingerprint density at radius 3 is 2.33 bits per heavy atom. The molecular weight excluding hydrogens is 428 g/mol. The van der Waals surface area contributed by atoms with E-state index in [0.717, 1.165) is 24.8 Å². The Labute approximate surface area is 192 Å². The summed E-state index contributed by atoms with van der Waals surface area (Å²) in [7, 11) is 0. The third kappa shape index (κ3) is 6.88. The zero-order chi connectivity index (χ0) is 23.8. The van der Waals surface area contributed by atoms with Crippen LogP contribution in [0, 0.1) is 0 Å². The third-order valence-corrected chi connectivity index (χ3v) is 5.97. The highest BCUT2D eigenvalue weighted by molar-refractivity contribution is 5.87. The molecule has 1 atom stereocenters. The molecule has 0 aromatic heterocycles. The maximum atomic E-state index is 14.1. The van der Waals surface area contributed by atoms with E-state index < -0.39 is 30.3 Å². The molecule has 33 heavy (non-hydrogen) atoms. The summed E-state index contributed by atoms with van der Waals surface area (Å²) in [6.07, 6.45) is 4.58. The number of aliphatic hydroxyl groups excluding tert-OH is 1. The van der Waals surface area contributed by atoms with Crippen LogP contribution in [0.2, 0.25) is 0 Å². The lowest BCUT2D eigenvalue weighted by atomic mass is 10.0. The van der Waals surface area contributed by atoms with E-state index in [1.165, 1.54) is 22.6 Å². The number of hydrogen-bond donors (Lipinski definition) is 2. The van der Waals surface area contributed by atoms with Crippen LogP contribution in [0.1, 0.15) is 53.6 Å². The number of aryl methyl sites for hydroxylation is 1. The minimum atomic E-state index is -3.41. The third-order valence-electron chi connectivity index (χ3n) is 5.97. The molecule has 5 nitrogen and oxygen atoms in total. The highest BCUT2D eigenvalue weighted by Gasteiger charge is 2.52. The first kappa shape index (κ1) is 24.4. The van der Waals surface area contributed by atoms with Crippen molar-refractivity contribution in [2.24, 2.45) is 0 Å². The Kier molecular flexibility index (Phi) is 8.20. The van der Waals surface area contributed by atoms with Crippen molar-refractivity contribution in [3.63, 3.8) is 0 Å². The van der Waals surface area contributed by atoms with Crippen LogP contribution < -0.4 is 0 Å². The first-order valence-electron chi connectivity index (χ1n) is 11.2. The van der Waals surface area contributed by atoms with Crippen molar-refractivity contribution in [1.29, 1.82) is 0 Å². The molecule has 7 heteroatoms. The molecule has 2 aromatic carbocycles. The lowest BCUT2D eigenvalue weighted by molar-refractivity contribution is -0.148. The fraction of sp³-hybridized carbons (Fsp3) is 0.385. The fourth-order valence-electron chi connectivity index (χ4n) is 4.08. The molecule has 1 fully saturated rings. The molecule has 3 rings (SSSR count). The lowest BCUT2D eigenvalue weighted by Crippen LogP contribution is -2.37. The Bertz CT molecular complexity index is 974. The van der Waals surface area contributed by atoms with E-state index in [2.05, 4.69) is 12.1 Å². The molecule has 2 N–H and O–H groups in total. The molecule has 1 aliphatic heterocycles. The van der Waals surface area contributed by atoms with E-state index in [0.29, 0.717) is 12.8 Å². The molecule has 0 aliphatic carbocycles. The smallest absolute Gasteiger partial charge is 0.335 e. The maximum absolute atomic E-state index is 14.1. The summed E-state index contributed by atoms with van der Waals surface area (Å²) in [5.74, 6) is -5.47. The van der Waals surface area contributed by atoms with E-state index in [1.807, 2.05) is 18.2 Å². The van der Waals surface area contributed by atoms with Gasteiger partial charge in [-0.25, -0.2) is 4.79 Å². The minimum Gasteiger partial charge on any atom is -0.513 e. The van der Waals surface area contributed by atoms with Gasteiger partial charge in [-0.1, -0.05) is 42.5 Å². The Morgan fingerprint density at radius 2 is 1.67 bits per heavy atom. The Balaban J connectivity index is 1.51. The van der Waals surface area contributed by atoms with Gasteiger partial charge in [0.15, 0.2) is 0 Å². The van der Waals surface area contributed by atoms with Crippen LogP contribution in [-0.4, -0.2) is 45.5 Å². The van der Waals surface area contributed by atoms with Gasteiger partial charge in [-0.15, -0.1) is 0 Å². The summed E-state index contributed by atoms with van der Waals surface area (Å²) < 4.78 is 28.2. The Hall–Kier alpha value is -3.22. The van der Waals surface area contributed by atoms with Crippen molar-refractivity contribution in [2.75, 3.05) is 6.54 Å². The number of carbonyl (C=O) groups excluding carboxylic acids is 1. The van der Waals surface area contributed by atoms with Crippen LogP contribution in [-0.2, 0) is 17.6 Å². The average Bonchev–Trinajstić information content (AvgIpc) is 3.02. The van der Waals surface area contributed by atoms with Crippen LogP contribution >= 0.6 is 0 Å². The van der Waals surface area contributed by atoms with E-state index in [9.17, 15) is 23.5 Å². The number of amides is 1. The summed E-state index contributed by atoms with van der Waals surface area (Å²) in [6, 6.07) is 15.5. The van der Waals surface area contributed by atoms with Crippen LogP contribution in [0.25, 0.3) is 0 Å². The normalized spacial score (nSPS) is 18.0. The molecule has 0 saturated carbocycles. The van der Waals surface area contributed by atoms with Gasteiger partial charge in [0.05, 0.1) is 11.3 Å². The Morgan fingerprint density at radius 1 is 1.00 bits per heavy atom. The number of carbonyl (C=O) groups is 2. The van der Waals surface area contributed by atoms with Crippen LogP contribution in [0.15, 0.2) is 66.4 Å². The topological polar surface area (TPSA) is 77.8 Å². The number of halogens is 2. The molecule has 2 aromatic rings. The van der Waals surface area contributed by atoms with Crippen molar-refractivity contribution in [3.05, 3.63) is 83.1 Å². The molecule has 0 bridgehead atoms. The molecular formula is C26H29F2NO4. The van der Waals surface area contributed by atoms with Gasteiger partial charge in [-0.05, 0) is 61.4 Å².